The van der Waals surface area contributed by atoms with Gasteiger partial charge >= 0.3 is 5.97 Å². The fourth-order valence-corrected chi connectivity index (χ4v) is 2.97. The third kappa shape index (κ3) is 4.40. The van der Waals surface area contributed by atoms with Crippen LogP contribution in [0.3, 0.4) is 0 Å². The number of aryl methyl sites for hydroxylation is 2. The van der Waals surface area contributed by atoms with Crippen LogP contribution < -0.4 is 10.6 Å². The maximum absolute atomic E-state index is 11.8. The highest BCUT2D eigenvalue weighted by molar-refractivity contribution is 6.33. The summed E-state index contributed by atoms with van der Waals surface area (Å²) in [6, 6.07) is 12.8. The van der Waals surface area contributed by atoms with E-state index in [2.05, 4.69) is 33.6 Å². The van der Waals surface area contributed by atoms with E-state index >= 15 is 0 Å². The van der Waals surface area contributed by atoms with Crippen molar-refractivity contribution in [2.24, 2.45) is 0 Å². The van der Waals surface area contributed by atoms with Crippen molar-refractivity contribution >= 4 is 40.7 Å². The van der Waals surface area contributed by atoms with Gasteiger partial charge in [-0.3, -0.25) is 0 Å². The molecule has 0 fully saturated rings. The van der Waals surface area contributed by atoms with Crippen LogP contribution in [-0.4, -0.2) is 23.0 Å². The van der Waals surface area contributed by atoms with Gasteiger partial charge in [0.15, 0.2) is 0 Å². The van der Waals surface area contributed by atoms with Gasteiger partial charge in [0.05, 0.1) is 23.4 Å². The third-order valence-corrected chi connectivity index (χ3v) is 4.61. The van der Waals surface area contributed by atoms with Crippen molar-refractivity contribution in [2.75, 3.05) is 17.7 Å². The van der Waals surface area contributed by atoms with Crippen molar-refractivity contribution in [2.45, 2.75) is 20.3 Å². The molecule has 0 amide bonds. The van der Waals surface area contributed by atoms with E-state index in [-0.39, 0.29) is 0 Å². The molecule has 0 saturated carbocycles. The zero-order chi connectivity index (χ0) is 20.1. The van der Waals surface area contributed by atoms with E-state index in [4.69, 9.17) is 16.3 Å². The lowest BCUT2D eigenvalue weighted by molar-refractivity contribution is 0.0601. The molecular weight excluding hydrogens is 376 g/mol. The first-order valence-electron chi connectivity index (χ1n) is 8.85. The van der Waals surface area contributed by atoms with Crippen LogP contribution in [0.5, 0.6) is 0 Å². The minimum Gasteiger partial charge on any atom is -0.465 e. The Balaban J connectivity index is 1.86. The molecule has 0 unspecified atom stereocenters. The molecule has 7 heteroatoms. The van der Waals surface area contributed by atoms with Crippen LogP contribution in [0, 0.1) is 6.92 Å². The largest absolute Gasteiger partial charge is 0.465 e. The standard InChI is InChI=1S/C21H21ClN4O2/c1-4-14-7-5-6-13(2)19(14)26-21-23-11-10-18(25-21)24-17-12-15(20(27)28-3)8-9-16(17)22/h5-12H,4H2,1-3H3,(H2,23,24,25,26). The molecule has 0 saturated heterocycles. The molecule has 0 aliphatic heterocycles. The molecule has 6 nitrogen and oxygen atoms in total. The fourth-order valence-electron chi connectivity index (χ4n) is 2.81. The minimum atomic E-state index is -0.434. The monoisotopic (exact) mass is 396 g/mol. The van der Waals surface area contributed by atoms with Gasteiger partial charge in [-0.2, -0.15) is 4.98 Å². The minimum absolute atomic E-state index is 0.398. The predicted molar refractivity (Wildman–Crippen MR) is 112 cm³/mol. The molecule has 2 N–H and O–H groups in total. The van der Waals surface area contributed by atoms with Crippen molar-refractivity contribution in [1.82, 2.24) is 9.97 Å². The summed E-state index contributed by atoms with van der Waals surface area (Å²) in [5.74, 6) is 0.582. The number of anilines is 4. The van der Waals surface area contributed by atoms with Gasteiger partial charge in [0.2, 0.25) is 5.95 Å². The van der Waals surface area contributed by atoms with Crippen molar-refractivity contribution in [1.29, 1.82) is 0 Å². The van der Waals surface area contributed by atoms with Gasteiger partial charge < -0.3 is 15.4 Å². The second-order valence-corrected chi connectivity index (χ2v) is 6.57. The Labute approximate surface area is 168 Å². The zero-order valence-corrected chi connectivity index (χ0v) is 16.7. The van der Waals surface area contributed by atoms with E-state index in [0.29, 0.717) is 28.0 Å². The molecule has 1 aromatic heterocycles. The number of hydrogen-bond donors (Lipinski definition) is 2. The van der Waals surface area contributed by atoms with E-state index in [9.17, 15) is 4.79 Å². The molecule has 0 aliphatic rings. The SMILES string of the molecule is CCc1cccc(C)c1Nc1nccc(Nc2cc(C(=O)OC)ccc2Cl)n1. The molecule has 28 heavy (non-hydrogen) atoms. The quantitative estimate of drug-likeness (QED) is 0.552. The maximum atomic E-state index is 11.8. The summed E-state index contributed by atoms with van der Waals surface area (Å²) in [7, 11) is 1.34. The van der Waals surface area contributed by atoms with Gasteiger partial charge in [-0.05, 0) is 48.7 Å². The van der Waals surface area contributed by atoms with Gasteiger partial charge in [0.25, 0.3) is 0 Å². The van der Waals surface area contributed by atoms with Crippen LogP contribution in [0.15, 0.2) is 48.7 Å². The average Bonchev–Trinajstić information content (AvgIpc) is 2.71. The smallest absolute Gasteiger partial charge is 0.337 e. The molecule has 2 aromatic carbocycles. The molecule has 0 spiro atoms. The molecule has 0 radical (unpaired) electrons. The predicted octanol–water partition coefficient (Wildman–Crippen LogP) is 5.27. The van der Waals surface area contributed by atoms with E-state index in [1.165, 1.54) is 12.7 Å². The van der Waals surface area contributed by atoms with E-state index in [1.54, 1.807) is 30.5 Å². The van der Waals surface area contributed by atoms with Crippen LogP contribution >= 0.6 is 11.6 Å². The summed E-state index contributed by atoms with van der Waals surface area (Å²) in [4.78, 5) is 20.6. The van der Waals surface area contributed by atoms with Gasteiger partial charge in [0.1, 0.15) is 5.82 Å². The Morgan fingerprint density at radius 2 is 2.00 bits per heavy atom. The van der Waals surface area contributed by atoms with Crippen molar-refractivity contribution in [3.8, 4) is 0 Å². The lowest BCUT2D eigenvalue weighted by atomic mass is 10.1. The topological polar surface area (TPSA) is 76.1 Å². The number of esters is 1. The number of methoxy groups -OCH3 is 1. The molecular formula is C21H21ClN4O2. The fraction of sp³-hybridized carbons (Fsp3) is 0.190. The number of nitrogens with zero attached hydrogens (tertiary/aromatic N) is 2. The highest BCUT2D eigenvalue weighted by atomic mass is 35.5. The lowest BCUT2D eigenvalue weighted by Crippen LogP contribution is -2.05. The summed E-state index contributed by atoms with van der Waals surface area (Å²) in [6.45, 7) is 4.15. The first kappa shape index (κ1) is 19.6. The number of hydrogen-bond acceptors (Lipinski definition) is 6. The molecule has 0 aliphatic carbocycles. The molecule has 3 aromatic rings. The summed E-state index contributed by atoms with van der Waals surface area (Å²) in [6.07, 6.45) is 2.55. The summed E-state index contributed by atoms with van der Waals surface area (Å²) >= 11 is 6.25. The number of nitrogens with one attached hydrogen (secondary N) is 2. The van der Waals surface area contributed by atoms with Gasteiger partial charge in [-0.25, -0.2) is 9.78 Å². The average molecular weight is 397 g/mol. The van der Waals surface area contributed by atoms with Crippen molar-refractivity contribution in [3.05, 3.63) is 70.4 Å². The number of carbonyl (C=O) groups is 1. The summed E-state index contributed by atoms with van der Waals surface area (Å²) < 4.78 is 4.75. The summed E-state index contributed by atoms with van der Waals surface area (Å²) in [5, 5.41) is 6.90. The molecule has 144 valence electrons. The molecule has 0 atom stereocenters. The Kier molecular flexibility index (Phi) is 6.11. The molecule has 0 bridgehead atoms. The third-order valence-electron chi connectivity index (χ3n) is 4.28. The van der Waals surface area contributed by atoms with Crippen LogP contribution in [0.25, 0.3) is 0 Å². The van der Waals surface area contributed by atoms with Gasteiger partial charge in [0, 0.05) is 11.9 Å². The van der Waals surface area contributed by atoms with Crippen LogP contribution in [0.2, 0.25) is 5.02 Å². The van der Waals surface area contributed by atoms with Gasteiger partial charge in [-0.1, -0.05) is 36.7 Å². The van der Waals surface area contributed by atoms with Crippen LogP contribution in [-0.2, 0) is 11.2 Å². The number of ether oxygens (including phenoxy) is 1. The van der Waals surface area contributed by atoms with E-state index < -0.39 is 5.97 Å². The van der Waals surface area contributed by atoms with Crippen molar-refractivity contribution in [3.63, 3.8) is 0 Å². The number of aromatic nitrogens is 2. The Morgan fingerprint density at radius 3 is 2.75 bits per heavy atom. The number of halogens is 1. The van der Waals surface area contributed by atoms with Crippen LogP contribution in [0.4, 0.5) is 23.1 Å². The highest BCUT2D eigenvalue weighted by Gasteiger charge is 2.11. The Hall–Kier alpha value is -3.12. The first-order valence-corrected chi connectivity index (χ1v) is 9.23. The zero-order valence-electron chi connectivity index (χ0n) is 15.9. The van der Waals surface area contributed by atoms with E-state index in [0.717, 1.165) is 17.7 Å². The molecule has 3 rings (SSSR count). The second kappa shape index (κ2) is 8.71. The van der Waals surface area contributed by atoms with Crippen molar-refractivity contribution < 1.29 is 9.53 Å². The summed E-state index contributed by atoms with van der Waals surface area (Å²) in [5.41, 5.74) is 4.27. The second-order valence-electron chi connectivity index (χ2n) is 6.16. The molecule has 1 heterocycles. The Bertz CT molecular complexity index is 1010. The van der Waals surface area contributed by atoms with Crippen LogP contribution in [0.1, 0.15) is 28.4 Å². The number of para-hydroxylation sites is 1. The number of benzene rings is 2. The first-order chi connectivity index (χ1) is 13.5. The lowest BCUT2D eigenvalue weighted by Gasteiger charge is -2.14. The van der Waals surface area contributed by atoms with E-state index in [1.807, 2.05) is 19.1 Å². The Morgan fingerprint density at radius 1 is 1.18 bits per heavy atom. The van der Waals surface area contributed by atoms with Gasteiger partial charge in [-0.15, -0.1) is 0 Å². The number of rotatable bonds is 6. The normalized spacial score (nSPS) is 10.4. The number of carbonyl (C=O) groups excluding carboxylic acids is 1. The highest BCUT2D eigenvalue weighted by Crippen LogP contribution is 2.28. The maximum Gasteiger partial charge on any atom is 0.337 e.